The van der Waals surface area contributed by atoms with Gasteiger partial charge in [0.15, 0.2) is 5.78 Å². The van der Waals surface area contributed by atoms with Crippen LogP contribution < -0.4 is 0 Å². The molecule has 2 rings (SSSR count). The van der Waals surface area contributed by atoms with E-state index < -0.39 is 0 Å². The van der Waals surface area contributed by atoms with Gasteiger partial charge in [-0.2, -0.15) is 0 Å². The monoisotopic (exact) mass is 212 g/mol. The van der Waals surface area contributed by atoms with Gasteiger partial charge >= 0.3 is 0 Å². The Morgan fingerprint density at radius 1 is 1.54 bits per heavy atom. The van der Waals surface area contributed by atoms with Gasteiger partial charge in [0.1, 0.15) is 0 Å². The van der Waals surface area contributed by atoms with E-state index in [1.54, 1.807) is 24.8 Å². The van der Waals surface area contributed by atoms with E-state index >= 15 is 0 Å². The maximum Gasteiger partial charge on any atom is 0.159 e. The van der Waals surface area contributed by atoms with Crippen LogP contribution >= 0.6 is 23.4 Å². The van der Waals surface area contributed by atoms with Crippen LogP contribution in [0.15, 0.2) is 17.0 Å². The summed E-state index contributed by atoms with van der Waals surface area (Å²) < 4.78 is 0. The molecule has 13 heavy (non-hydrogen) atoms. The number of hydrogen-bond donors (Lipinski definition) is 0. The summed E-state index contributed by atoms with van der Waals surface area (Å²) in [6.45, 7) is 1.57. The Morgan fingerprint density at radius 3 is 3.00 bits per heavy atom. The Morgan fingerprint density at radius 2 is 2.31 bits per heavy atom. The lowest BCUT2D eigenvalue weighted by Crippen LogP contribution is -1.94. The smallest absolute Gasteiger partial charge is 0.159 e. The molecule has 0 radical (unpaired) electrons. The first kappa shape index (κ1) is 9.10. The molecule has 1 nitrogen and oxygen atoms in total. The normalized spacial score (nSPS) is 14.3. The van der Waals surface area contributed by atoms with Crippen LogP contribution in [0.1, 0.15) is 22.8 Å². The summed E-state index contributed by atoms with van der Waals surface area (Å²) in [5.74, 6) is 1.16. The highest BCUT2D eigenvalue weighted by Crippen LogP contribution is 2.37. The first-order chi connectivity index (χ1) is 6.18. The summed E-state index contributed by atoms with van der Waals surface area (Å²) in [7, 11) is 0. The Bertz CT molecular complexity index is 373. The van der Waals surface area contributed by atoms with Gasteiger partial charge in [0, 0.05) is 16.2 Å². The summed E-state index contributed by atoms with van der Waals surface area (Å²) in [6.07, 6.45) is 1.03. The number of ketones is 1. The molecule has 0 atom stereocenters. The molecule has 1 aromatic rings. The van der Waals surface area contributed by atoms with Gasteiger partial charge in [0.25, 0.3) is 0 Å². The number of carbonyl (C=O) groups is 1. The molecule has 0 saturated heterocycles. The molecule has 0 saturated carbocycles. The Hall–Kier alpha value is -0.470. The van der Waals surface area contributed by atoms with E-state index in [4.69, 9.17) is 11.6 Å². The molecule has 1 aliphatic rings. The first-order valence-electron chi connectivity index (χ1n) is 4.14. The molecule has 0 bridgehead atoms. The zero-order valence-corrected chi connectivity index (χ0v) is 8.84. The molecule has 0 aliphatic carbocycles. The van der Waals surface area contributed by atoms with Crippen LogP contribution in [-0.4, -0.2) is 11.5 Å². The molecule has 0 unspecified atom stereocenters. The molecule has 1 heterocycles. The van der Waals surface area contributed by atoms with Gasteiger partial charge in [0.2, 0.25) is 0 Å². The van der Waals surface area contributed by atoms with E-state index in [0.29, 0.717) is 0 Å². The van der Waals surface area contributed by atoms with Gasteiger partial charge in [-0.1, -0.05) is 11.6 Å². The summed E-state index contributed by atoms with van der Waals surface area (Å²) in [4.78, 5) is 12.3. The zero-order valence-electron chi connectivity index (χ0n) is 7.26. The van der Waals surface area contributed by atoms with Crippen molar-refractivity contribution in [1.82, 2.24) is 0 Å². The number of aryl methyl sites for hydroxylation is 1. The summed E-state index contributed by atoms with van der Waals surface area (Å²) in [5.41, 5.74) is 1.95. The van der Waals surface area contributed by atoms with Crippen LogP contribution in [0.4, 0.5) is 0 Å². The number of thioether (sulfide) groups is 1. The van der Waals surface area contributed by atoms with Gasteiger partial charge in [-0.3, -0.25) is 4.79 Å². The van der Waals surface area contributed by atoms with Crippen molar-refractivity contribution >= 4 is 29.1 Å². The minimum atomic E-state index is 0.0848. The number of rotatable bonds is 1. The van der Waals surface area contributed by atoms with Gasteiger partial charge in [-0.05, 0) is 31.0 Å². The lowest BCUT2D eigenvalue weighted by atomic mass is 10.1. The molecule has 3 heteroatoms. The number of fused-ring (bicyclic) bond motifs is 1. The Kier molecular flexibility index (Phi) is 2.35. The average molecular weight is 213 g/mol. The standard InChI is InChI=1S/C10H9ClOS/c1-6(12)8-4-7-2-3-13-10(7)9(11)5-8/h4-5H,2-3H2,1H3. The first-order valence-corrected chi connectivity index (χ1v) is 5.51. The van der Waals surface area contributed by atoms with E-state index in [1.807, 2.05) is 6.07 Å². The van der Waals surface area contributed by atoms with Crippen molar-refractivity contribution < 1.29 is 4.79 Å². The van der Waals surface area contributed by atoms with Crippen LogP contribution in [-0.2, 0) is 6.42 Å². The highest BCUT2D eigenvalue weighted by Gasteiger charge is 2.16. The number of carbonyl (C=O) groups excluding carboxylic acids is 1. The van der Waals surface area contributed by atoms with Crippen molar-refractivity contribution in [2.75, 3.05) is 5.75 Å². The van der Waals surface area contributed by atoms with Crippen molar-refractivity contribution in [2.24, 2.45) is 0 Å². The minimum Gasteiger partial charge on any atom is -0.295 e. The fourth-order valence-electron chi connectivity index (χ4n) is 1.46. The third kappa shape index (κ3) is 1.61. The SMILES string of the molecule is CC(=O)c1cc(Cl)c2c(c1)CCS2. The van der Waals surface area contributed by atoms with Crippen LogP contribution in [0.25, 0.3) is 0 Å². The lowest BCUT2D eigenvalue weighted by molar-refractivity contribution is 0.101. The van der Waals surface area contributed by atoms with E-state index in [2.05, 4.69) is 0 Å². The average Bonchev–Trinajstić information content (AvgIpc) is 2.51. The highest BCUT2D eigenvalue weighted by molar-refractivity contribution is 7.99. The van der Waals surface area contributed by atoms with Gasteiger partial charge in [0.05, 0.1) is 5.02 Å². The van der Waals surface area contributed by atoms with Crippen molar-refractivity contribution in [3.8, 4) is 0 Å². The fourth-order valence-corrected chi connectivity index (χ4v) is 2.94. The third-order valence-corrected chi connectivity index (χ3v) is 3.73. The second kappa shape index (κ2) is 3.35. The fraction of sp³-hybridized carbons (Fsp3) is 0.300. The topological polar surface area (TPSA) is 17.1 Å². The zero-order chi connectivity index (χ0) is 9.42. The molecular weight excluding hydrogens is 204 g/mol. The molecule has 1 aromatic carbocycles. The van der Waals surface area contributed by atoms with Gasteiger partial charge in [-0.25, -0.2) is 0 Å². The number of hydrogen-bond acceptors (Lipinski definition) is 2. The number of halogens is 1. The van der Waals surface area contributed by atoms with Crippen molar-refractivity contribution in [2.45, 2.75) is 18.2 Å². The van der Waals surface area contributed by atoms with E-state index in [1.165, 1.54) is 5.56 Å². The van der Waals surface area contributed by atoms with Gasteiger partial charge in [-0.15, -0.1) is 11.8 Å². The molecular formula is C10H9ClOS. The number of benzene rings is 1. The van der Waals surface area contributed by atoms with Crippen LogP contribution in [0.3, 0.4) is 0 Å². The van der Waals surface area contributed by atoms with Crippen molar-refractivity contribution in [3.05, 3.63) is 28.3 Å². The summed E-state index contributed by atoms with van der Waals surface area (Å²) in [5, 5.41) is 0.727. The van der Waals surface area contributed by atoms with Crippen LogP contribution in [0.5, 0.6) is 0 Å². The molecule has 0 amide bonds. The van der Waals surface area contributed by atoms with E-state index in [9.17, 15) is 4.79 Å². The summed E-state index contributed by atoms with van der Waals surface area (Å²) >= 11 is 7.82. The summed E-state index contributed by atoms with van der Waals surface area (Å²) in [6, 6.07) is 3.73. The van der Waals surface area contributed by atoms with Gasteiger partial charge < -0.3 is 0 Å². The minimum absolute atomic E-state index is 0.0848. The predicted molar refractivity (Wildman–Crippen MR) is 55.9 cm³/mol. The maximum atomic E-state index is 11.1. The Labute approximate surface area is 86.5 Å². The molecule has 0 fully saturated rings. The van der Waals surface area contributed by atoms with Crippen molar-refractivity contribution in [3.63, 3.8) is 0 Å². The Balaban J connectivity index is 2.55. The second-order valence-corrected chi connectivity index (χ2v) is 4.61. The van der Waals surface area contributed by atoms with Crippen LogP contribution in [0, 0.1) is 0 Å². The predicted octanol–water partition coefficient (Wildman–Crippen LogP) is 3.19. The molecule has 0 spiro atoms. The molecule has 1 aliphatic heterocycles. The van der Waals surface area contributed by atoms with E-state index in [0.717, 1.165) is 27.7 Å². The largest absolute Gasteiger partial charge is 0.295 e. The van der Waals surface area contributed by atoms with Crippen LogP contribution in [0.2, 0.25) is 5.02 Å². The number of Topliss-reactive ketones (excluding diaryl/α,β-unsaturated/α-hetero) is 1. The van der Waals surface area contributed by atoms with E-state index in [-0.39, 0.29) is 5.78 Å². The highest BCUT2D eigenvalue weighted by atomic mass is 35.5. The molecule has 68 valence electrons. The lowest BCUT2D eigenvalue weighted by Gasteiger charge is -2.03. The molecule has 0 N–H and O–H groups in total. The second-order valence-electron chi connectivity index (χ2n) is 3.10. The third-order valence-electron chi connectivity index (χ3n) is 2.14. The van der Waals surface area contributed by atoms with Crippen molar-refractivity contribution in [1.29, 1.82) is 0 Å². The molecule has 0 aromatic heterocycles. The maximum absolute atomic E-state index is 11.1. The quantitative estimate of drug-likeness (QED) is 0.666.